The molecule has 1 fully saturated rings. The molecule has 1 aliphatic rings. The first kappa shape index (κ1) is 17.6. The fraction of sp³-hybridized carbons (Fsp3) is 0.316. The number of phenolic OH excluding ortho intramolecular Hbond substituents is 1. The standard InChI is InChI=1S/C19H22ClN3O2/c20-16-4-6-17(7-5-16)23-12-10-22(11-13-23)9-8-21-19(25)15-2-1-3-18(24)14-15/h1-7,14,24H,8-13H2,(H,21,25). The number of aromatic hydroxyl groups is 1. The van der Waals surface area contributed by atoms with Crippen LogP contribution in [0.2, 0.25) is 5.02 Å². The van der Waals surface area contributed by atoms with E-state index in [1.165, 1.54) is 11.8 Å². The maximum Gasteiger partial charge on any atom is 0.251 e. The molecule has 5 nitrogen and oxygen atoms in total. The Bertz CT molecular complexity index is 713. The lowest BCUT2D eigenvalue weighted by Gasteiger charge is -2.36. The fourth-order valence-electron chi connectivity index (χ4n) is 2.96. The van der Waals surface area contributed by atoms with Gasteiger partial charge in [0.2, 0.25) is 0 Å². The number of carbonyl (C=O) groups is 1. The van der Waals surface area contributed by atoms with Crippen LogP contribution >= 0.6 is 11.6 Å². The van der Waals surface area contributed by atoms with Gasteiger partial charge in [0.05, 0.1) is 0 Å². The molecule has 0 atom stereocenters. The van der Waals surface area contributed by atoms with E-state index in [4.69, 9.17) is 11.6 Å². The van der Waals surface area contributed by atoms with Gasteiger partial charge < -0.3 is 15.3 Å². The predicted molar refractivity (Wildman–Crippen MR) is 101 cm³/mol. The zero-order chi connectivity index (χ0) is 17.6. The van der Waals surface area contributed by atoms with Gasteiger partial charge in [0, 0.05) is 55.5 Å². The first-order valence-corrected chi connectivity index (χ1v) is 8.80. The summed E-state index contributed by atoms with van der Waals surface area (Å²) in [6.07, 6.45) is 0. The van der Waals surface area contributed by atoms with Crippen LogP contribution in [-0.4, -0.2) is 55.2 Å². The molecule has 0 bridgehead atoms. The van der Waals surface area contributed by atoms with Crippen LogP contribution in [0.3, 0.4) is 0 Å². The molecule has 1 amide bonds. The molecule has 2 aromatic carbocycles. The van der Waals surface area contributed by atoms with Crippen molar-refractivity contribution < 1.29 is 9.90 Å². The minimum absolute atomic E-state index is 0.103. The van der Waals surface area contributed by atoms with E-state index in [2.05, 4.69) is 15.1 Å². The summed E-state index contributed by atoms with van der Waals surface area (Å²) in [5.74, 6) is -0.0540. The highest BCUT2D eigenvalue weighted by molar-refractivity contribution is 6.30. The maximum absolute atomic E-state index is 12.0. The number of phenols is 1. The van der Waals surface area contributed by atoms with Gasteiger partial charge in [-0.3, -0.25) is 9.69 Å². The summed E-state index contributed by atoms with van der Waals surface area (Å²) in [6, 6.07) is 14.3. The van der Waals surface area contributed by atoms with Crippen molar-refractivity contribution in [3.8, 4) is 5.75 Å². The van der Waals surface area contributed by atoms with Crippen molar-refractivity contribution in [1.29, 1.82) is 0 Å². The van der Waals surface area contributed by atoms with Crippen molar-refractivity contribution in [2.75, 3.05) is 44.2 Å². The van der Waals surface area contributed by atoms with Crippen molar-refractivity contribution in [3.05, 3.63) is 59.1 Å². The van der Waals surface area contributed by atoms with Gasteiger partial charge in [-0.05, 0) is 42.5 Å². The molecule has 3 rings (SSSR count). The number of piperazine rings is 1. The number of benzene rings is 2. The number of nitrogens with one attached hydrogen (secondary N) is 1. The second-order valence-corrected chi connectivity index (χ2v) is 6.55. The third-order valence-corrected chi connectivity index (χ3v) is 4.64. The molecule has 0 spiro atoms. The Morgan fingerprint density at radius 2 is 1.80 bits per heavy atom. The summed E-state index contributed by atoms with van der Waals surface area (Å²) in [7, 11) is 0. The van der Waals surface area contributed by atoms with E-state index in [1.54, 1.807) is 18.2 Å². The van der Waals surface area contributed by atoms with E-state index < -0.39 is 0 Å². The molecule has 0 aromatic heterocycles. The Morgan fingerprint density at radius 3 is 2.48 bits per heavy atom. The Balaban J connectivity index is 1.40. The van der Waals surface area contributed by atoms with Crippen LogP contribution in [0.25, 0.3) is 0 Å². The van der Waals surface area contributed by atoms with E-state index in [0.29, 0.717) is 12.1 Å². The van der Waals surface area contributed by atoms with Crippen LogP contribution < -0.4 is 10.2 Å². The van der Waals surface area contributed by atoms with Gasteiger partial charge in [-0.2, -0.15) is 0 Å². The molecule has 132 valence electrons. The molecule has 0 unspecified atom stereocenters. The number of hydrogen-bond acceptors (Lipinski definition) is 4. The van der Waals surface area contributed by atoms with E-state index >= 15 is 0 Å². The van der Waals surface area contributed by atoms with Crippen molar-refractivity contribution in [2.24, 2.45) is 0 Å². The van der Waals surface area contributed by atoms with E-state index in [0.717, 1.165) is 37.7 Å². The van der Waals surface area contributed by atoms with Crippen LogP contribution in [0.5, 0.6) is 5.75 Å². The summed E-state index contributed by atoms with van der Waals surface area (Å²) in [5, 5.41) is 13.1. The van der Waals surface area contributed by atoms with Crippen molar-refractivity contribution in [1.82, 2.24) is 10.2 Å². The summed E-state index contributed by atoms with van der Waals surface area (Å²) in [5.41, 5.74) is 1.67. The van der Waals surface area contributed by atoms with Gasteiger partial charge in [0.25, 0.3) is 5.91 Å². The van der Waals surface area contributed by atoms with Crippen molar-refractivity contribution in [3.63, 3.8) is 0 Å². The maximum atomic E-state index is 12.0. The van der Waals surface area contributed by atoms with Gasteiger partial charge in [-0.1, -0.05) is 17.7 Å². The summed E-state index contributed by atoms with van der Waals surface area (Å²) >= 11 is 5.93. The summed E-state index contributed by atoms with van der Waals surface area (Å²) in [4.78, 5) is 16.7. The lowest BCUT2D eigenvalue weighted by atomic mass is 10.2. The zero-order valence-electron chi connectivity index (χ0n) is 14.0. The minimum atomic E-state index is -0.157. The van der Waals surface area contributed by atoms with Crippen LogP contribution in [0.4, 0.5) is 5.69 Å². The Kier molecular flexibility index (Phi) is 5.79. The number of rotatable bonds is 5. The second-order valence-electron chi connectivity index (χ2n) is 6.11. The SMILES string of the molecule is O=C(NCCN1CCN(c2ccc(Cl)cc2)CC1)c1cccc(O)c1. The number of amides is 1. The van der Waals surface area contributed by atoms with E-state index in [9.17, 15) is 9.90 Å². The Morgan fingerprint density at radius 1 is 1.08 bits per heavy atom. The lowest BCUT2D eigenvalue weighted by Crippen LogP contribution is -2.48. The fourth-order valence-corrected chi connectivity index (χ4v) is 3.08. The topological polar surface area (TPSA) is 55.8 Å². The quantitative estimate of drug-likeness (QED) is 0.861. The molecule has 0 saturated carbocycles. The molecule has 1 heterocycles. The number of anilines is 1. The molecule has 0 radical (unpaired) electrons. The minimum Gasteiger partial charge on any atom is -0.508 e. The second kappa shape index (κ2) is 8.23. The Hall–Kier alpha value is -2.24. The van der Waals surface area contributed by atoms with Gasteiger partial charge >= 0.3 is 0 Å². The van der Waals surface area contributed by atoms with E-state index in [1.807, 2.05) is 24.3 Å². The molecular formula is C19H22ClN3O2. The van der Waals surface area contributed by atoms with Crippen molar-refractivity contribution >= 4 is 23.2 Å². The molecule has 25 heavy (non-hydrogen) atoms. The molecular weight excluding hydrogens is 338 g/mol. The monoisotopic (exact) mass is 359 g/mol. The first-order valence-electron chi connectivity index (χ1n) is 8.42. The highest BCUT2D eigenvalue weighted by atomic mass is 35.5. The number of nitrogens with zero attached hydrogens (tertiary/aromatic N) is 2. The van der Waals surface area contributed by atoms with E-state index in [-0.39, 0.29) is 11.7 Å². The van der Waals surface area contributed by atoms with Crippen LogP contribution in [0.1, 0.15) is 10.4 Å². The summed E-state index contributed by atoms with van der Waals surface area (Å²) < 4.78 is 0. The van der Waals surface area contributed by atoms with Gasteiger partial charge in [-0.15, -0.1) is 0 Å². The van der Waals surface area contributed by atoms with Crippen LogP contribution in [0, 0.1) is 0 Å². The normalized spacial score (nSPS) is 15.2. The lowest BCUT2D eigenvalue weighted by molar-refractivity contribution is 0.0947. The largest absolute Gasteiger partial charge is 0.508 e. The highest BCUT2D eigenvalue weighted by Crippen LogP contribution is 2.19. The average molecular weight is 360 g/mol. The smallest absolute Gasteiger partial charge is 0.251 e. The third kappa shape index (κ3) is 4.87. The van der Waals surface area contributed by atoms with Gasteiger partial charge in [0.1, 0.15) is 5.75 Å². The first-order chi connectivity index (χ1) is 12.1. The molecule has 0 aliphatic carbocycles. The molecule has 2 aromatic rings. The number of hydrogen-bond donors (Lipinski definition) is 2. The molecule has 1 saturated heterocycles. The third-order valence-electron chi connectivity index (χ3n) is 4.39. The molecule has 2 N–H and O–H groups in total. The highest BCUT2D eigenvalue weighted by Gasteiger charge is 2.17. The number of carbonyl (C=O) groups excluding carboxylic acids is 1. The number of halogens is 1. The van der Waals surface area contributed by atoms with Crippen LogP contribution in [0.15, 0.2) is 48.5 Å². The van der Waals surface area contributed by atoms with Crippen LogP contribution in [-0.2, 0) is 0 Å². The molecule has 1 aliphatic heterocycles. The van der Waals surface area contributed by atoms with Gasteiger partial charge in [0.15, 0.2) is 0 Å². The predicted octanol–water partition coefficient (Wildman–Crippen LogP) is 2.60. The zero-order valence-corrected chi connectivity index (χ0v) is 14.7. The van der Waals surface area contributed by atoms with Gasteiger partial charge in [-0.25, -0.2) is 0 Å². The molecule has 6 heteroatoms. The average Bonchev–Trinajstić information content (AvgIpc) is 2.63. The van der Waals surface area contributed by atoms with Crippen molar-refractivity contribution in [2.45, 2.75) is 0 Å². The summed E-state index contributed by atoms with van der Waals surface area (Å²) in [6.45, 7) is 5.26. The Labute approximate surface area is 152 Å².